The highest BCUT2D eigenvalue weighted by atomic mass is 79.9. The predicted molar refractivity (Wildman–Crippen MR) is 160 cm³/mol. The molecule has 7 nitrogen and oxygen atoms in total. The summed E-state index contributed by atoms with van der Waals surface area (Å²) in [5, 5.41) is 7.56. The molecule has 206 valence electrons. The Morgan fingerprint density at radius 3 is 2.84 bits per heavy atom. The fourth-order valence-corrected chi connectivity index (χ4v) is 6.21. The van der Waals surface area contributed by atoms with E-state index < -0.39 is 14.1 Å². The summed E-state index contributed by atoms with van der Waals surface area (Å²) in [6.45, 7) is 14.6. The third kappa shape index (κ3) is 6.42. The molecule has 11 heteroatoms. The van der Waals surface area contributed by atoms with Crippen LogP contribution in [0.5, 0.6) is 0 Å². The largest absolute Gasteiger partial charge is 0.416 e. The lowest BCUT2D eigenvalue weighted by molar-refractivity contribution is 0.102. The summed E-state index contributed by atoms with van der Waals surface area (Å²) in [5.74, 6) is -0.941. The number of hydrogen-bond donors (Lipinski definition) is 3. The standard InChI is InChI=1S/C27H36BrClFN5O2Si/c1-27(2,3)38(4,5)37-12-10-31-18-7-6-11-35(16-18)24-19(28)14-32-25-23(24)22(15-33-25)34-26(36)17-8-9-21(30)20(29)13-17/h8-9,13-15,18,31H,6-7,10-12,16H2,1-5H3,(H,32,33)(H,34,36). The minimum atomic E-state index is -1.77. The van der Waals surface area contributed by atoms with Gasteiger partial charge in [0.25, 0.3) is 5.91 Å². The highest BCUT2D eigenvalue weighted by Gasteiger charge is 2.37. The summed E-state index contributed by atoms with van der Waals surface area (Å²) >= 11 is 9.59. The highest BCUT2D eigenvalue weighted by Crippen LogP contribution is 2.39. The van der Waals surface area contributed by atoms with Gasteiger partial charge in [0.15, 0.2) is 8.32 Å². The van der Waals surface area contributed by atoms with Crippen LogP contribution in [0.1, 0.15) is 44.0 Å². The van der Waals surface area contributed by atoms with E-state index in [2.05, 4.69) is 75.3 Å². The van der Waals surface area contributed by atoms with Crippen LogP contribution in [-0.4, -0.2) is 56.5 Å². The van der Waals surface area contributed by atoms with E-state index in [9.17, 15) is 9.18 Å². The van der Waals surface area contributed by atoms with Gasteiger partial charge >= 0.3 is 0 Å². The van der Waals surface area contributed by atoms with Crippen molar-refractivity contribution in [2.75, 3.05) is 36.5 Å². The lowest BCUT2D eigenvalue weighted by Gasteiger charge is -2.37. The lowest BCUT2D eigenvalue weighted by Crippen LogP contribution is -2.48. The lowest BCUT2D eigenvalue weighted by atomic mass is 10.0. The van der Waals surface area contributed by atoms with Crippen molar-refractivity contribution < 1.29 is 13.6 Å². The number of hydrogen-bond acceptors (Lipinski definition) is 5. The number of aromatic amines is 1. The monoisotopic (exact) mass is 623 g/mol. The zero-order valence-electron chi connectivity index (χ0n) is 22.6. The zero-order valence-corrected chi connectivity index (χ0v) is 25.9. The first-order chi connectivity index (χ1) is 17.9. The van der Waals surface area contributed by atoms with E-state index in [1.807, 2.05) is 0 Å². The molecule has 1 amide bonds. The van der Waals surface area contributed by atoms with Gasteiger partial charge < -0.3 is 24.9 Å². The summed E-state index contributed by atoms with van der Waals surface area (Å²) in [6, 6.07) is 4.25. The molecule has 1 fully saturated rings. The molecule has 1 aliphatic rings. The number of aromatic nitrogens is 2. The van der Waals surface area contributed by atoms with Gasteiger partial charge in [0.05, 0.1) is 26.3 Å². The molecule has 1 atom stereocenters. The van der Waals surface area contributed by atoms with Crippen LogP contribution in [-0.2, 0) is 4.43 Å². The van der Waals surface area contributed by atoms with Crippen LogP contribution in [0, 0.1) is 5.82 Å². The maximum atomic E-state index is 13.6. The Labute approximate surface area is 238 Å². The molecule has 0 aliphatic carbocycles. The topological polar surface area (TPSA) is 82.3 Å². The maximum Gasteiger partial charge on any atom is 0.255 e. The second kappa shape index (κ2) is 11.6. The molecular formula is C27H36BrClFN5O2Si. The Morgan fingerprint density at radius 2 is 2.13 bits per heavy atom. The Hall–Kier alpha value is -1.98. The number of benzene rings is 1. The molecule has 1 saturated heterocycles. The Bertz CT molecular complexity index is 1310. The van der Waals surface area contributed by atoms with E-state index in [1.165, 1.54) is 18.2 Å². The quantitative estimate of drug-likeness (QED) is 0.187. The van der Waals surface area contributed by atoms with E-state index in [-0.39, 0.29) is 21.5 Å². The van der Waals surface area contributed by atoms with Crippen LogP contribution in [0.4, 0.5) is 15.8 Å². The minimum Gasteiger partial charge on any atom is -0.416 e. The van der Waals surface area contributed by atoms with Crippen LogP contribution in [0.25, 0.3) is 11.0 Å². The average Bonchev–Trinajstić information content (AvgIpc) is 3.25. The molecule has 3 N–H and O–H groups in total. The number of anilines is 2. The number of nitrogens with zero attached hydrogens (tertiary/aromatic N) is 2. The van der Waals surface area contributed by atoms with Crippen molar-refractivity contribution in [3.63, 3.8) is 0 Å². The number of carbonyl (C=O) groups excluding carboxylic acids is 1. The van der Waals surface area contributed by atoms with Crippen molar-refractivity contribution >= 4 is 64.2 Å². The molecular weight excluding hydrogens is 589 g/mol. The third-order valence-electron chi connectivity index (χ3n) is 7.60. The fraction of sp³-hybridized carbons (Fsp3) is 0.481. The van der Waals surface area contributed by atoms with E-state index in [0.29, 0.717) is 24.0 Å². The van der Waals surface area contributed by atoms with Gasteiger partial charge in [0, 0.05) is 50.2 Å². The van der Waals surface area contributed by atoms with Gasteiger partial charge in [-0.05, 0) is 65.1 Å². The zero-order chi connectivity index (χ0) is 27.7. The van der Waals surface area contributed by atoms with E-state index in [4.69, 9.17) is 16.0 Å². The number of pyridine rings is 1. The molecule has 3 aromatic rings. The van der Waals surface area contributed by atoms with Crippen LogP contribution < -0.4 is 15.5 Å². The van der Waals surface area contributed by atoms with Crippen molar-refractivity contribution in [2.24, 2.45) is 0 Å². The SMILES string of the molecule is CC(C)(C)[Si](C)(C)OCCNC1CCCN(c2c(Br)cnc3[nH]cc(NC(=O)c4ccc(F)c(Cl)c4)c23)C1. The molecule has 1 aromatic carbocycles. The van der Waals surface area contributed by atoms with E-state index in [1.54, 1.807) is 12.4 Å². The first kappa shape index (κ1) is 29.0. The van der Waals surface area contributed by atoms with Crippen LogP contribution >= 0.6 is 27.5 Å². The second-order valence-electron chi connectivity index (χ2n) is 11.3. The predicted octanol–water partition coefficient (Wildman–Crippen LogP) is 6.95. The van der Waals surface area contributed by atoms with Crippen molar-refractivity contribution in [3.8, 4) is 0 Å². The molecule has 1 aliphatic heterocycles. The van der Waals surface area contributed by atoms with Crippen LogP contribution in [0.15, 0.2) is 35.1 Å². The fourth-order valence-electron chi connectivity index (χ4n) is 4.43. The summed E-state index contributed by atoms with van der Waals surface area (Å²) in [4.78, 5) is 23.0. The molecule has 0 radical (unpaired) electrons. The first-order valence-electron chi connectivity index (χ1n) is 12.9. The van der Waals surface area contributed by atoms with E-state index >= 15 is 0 Å². The van der Waals surface area contributed by atoms with Crippen molar-refractivity contribution in [3.05, 3.63) is 51.5 Å². The van der Waals surface area contributed by atoms with Gasteiger partial charge in [-0.25, -0.2) is 9.37 Å². The third-order valence-corrected chi connectivity index (χ3v) is 13.0. The molecule has 3 heterocycles. The summed E-state index contributed by atoms with van der Waals surface area (Å²) < 4.78 is 20.8. The summed E-state index contributed by atoms with van der Waals surface area (Å²) in [7, 11) is -1.77. The number of fused-ring (bicyclic) bond motifs is 1. The summed E-state index contributed by atoms with van der Waals surface area (Å²) in [5.41, 5.74) is 2.53. The molecule has 0 saturated carbocycles. The highest BCUT2D eigenvalue weighted by molar-refractivity contribution is 9.10. The van der Waals surface area contributed by atoms with Gasteiger partial charge in [0.1, 0.15) is 11.5 Å². The first-order valence-corrected chi connectivity index (χ1v) is 17.0. The Kier molecular flexibility index (Phi) is 8.88. The van der Waals surface area contributed by atoms with Crippen molar-refractivity contribution in [2.45, 2.75) is 57.8 Å². The smallest absolute Gasteiger partial charge is 0.255 e. The minimum absolute atomic E-state index is 0.0942. The average molecular weight is 625 g/mol. The van der Waals surface area contributed by atoms with Gasteiger partial charge in [-0.2, -0.15) is 0 Å². The normalized spacial score (nSPS) is 16.7. The maximum absolute atomic E-state index is 13.6. The second-order valence-corrected chi connectivity index (χ2v) is 17.4. The van der Waals surface area contributed by atoms with E-state index in [0.717, 1.165) is 48.0 Å². The number of halogens is 3. The number of piperidine rings is 1. The van der Waals surface area contributed by atoms with Crippen LogP contribution in [0.2, 0.25) is 23.2 Å². The number of rotatable bonds is 8. The molecule has 2 aromatic heterocycles. The van der Waals surface area contributed by atoms with Gasteiger partial charge in [-0.15, -0.1) is 0 Å². The van der Waals surface area contributed by atoms with Gasteiger partial charge in [-0.1, -0.05) is 32.4 Å². The Morgan fingerprint density at radius 1 is 1.37 bits per heavy atom. The Balaban J connectivity index is 1.48. The molecule has 4 rings (SSSR count). The van der Waals surface area contributed by atoms with Crippen molar-refractivity contribution in [1.29, 1.82) is 0 Å². The summed E-state index contributed by atoms with van der Waals surface area (Å²) in [6.07, 6.45) is 5.64. The molecule has 38 heavy (non-hydrogen) atoms. The van der Waals surface area contributed by atoms with Gasteiger partial charge in [-0.3, -0.25) is 4.79 Å². The van der Waals surface area contributed by atoms with Crippen LogP contribution in [0.3, 0.4) is 0 Å². The number of H-pyrrole nitrogens is 1. The molecule has 0 spiro atoms. The number of nitrogens with one attached hydrogen (secondary N) is 3. The number of amides is 1. The molecule has 0 bridgehead atoms. The van der Waals surface area contributed by atoms with Crippen molar-refractivity contribution in [1.82, 2.24) is 15.3 Å². The molecule has 1 unspecified atom stereocenters. The van der Waals surface area contributed by atoms with Gasteiger partial charge in [0.2, 0.25) is 0 Å². The number of carbonyl (C=O) groups is 1.